The van der Waals surface area contributed by atoms with E-state index in [1.54, 1.807) is 7.11 Å². The standard InChI is InChI=1S/C22H32N2O2/c1-15-20-21(25)18-8-7-17(23-10-12-26-3)13-19(18)22(15,2)9-4-11-24(20)14-16-5-6-16/h7-8,13,15-16,20,23H,4-6,9-12,14H2,1-3H3/t15-,20-,22-/m0/s1. The van der Waals surface area contributed by atoms with Crippen LogP contribution in [-0.2, 0) is 10.2 Å². The molecule has 1 saturated carbocycles. The van der Waals surface area contributed by atoms with Crippen molar-refractivity contribution in [2.24, 2.45) is 11.8 Å². The maximum Gasteiger partial charge on any atom is 0.180 e. The van der Waals surface area contributed by atoms with Gasteiger partial charge < -0.3 is 10.1 Å². The lowest BCUT2D eigenvalue weighted by Gasteiger charge is -2.46. The van der Waals surface area contributed by atoms with Gasteiger partial charge in [-0.15, -0.1) is 0 Å². The zero-order valence-corrected chi connectivity index (χ0v) is 16.4. The third-order valence-corrected chi connectivity index (χ3v) is 7.01. The largest absolute Gasteiger partial charge is 0.383 e. The summed E-state index contributed by atoms with van der Waals surface area (Å²) in [5, 5.41) is 3.43. The first-order chi connectivity index (χ1) is 12.5. The van der Waals surface area contributed by atoms with E-state index in [9.17, 15) is 4.79 Å². The highest BCUT2D eigenvalue weighted by Gasteiger charge is 2.51. The summed E-state index contributed by atoms with van der Waals surface area (Å²) in [4.78, 5) is 16.0. The number of benzene rings is 1. The fourth-order valence-corrected chi connectivity index (χ4v) is 5.09. The molecule has 1 aliphatic heterocycles. The summed E-state index contributed by atoms with van der Waals surface area (Å²) in [5.74, 6) is 1.53. The molecular weight excluding hydrogens is 324 g/mol. The van der Waals surface area contributed by atoms with Crippen molar-refractivity contribution in [1.29, 1.82) is 0 Å². The first kappa shape index (κ1) is 18.0. The number of carbonyl (C=O) groups excluding carboxylic acids is 1. The van der Waals surface area contributed by atoms with Crippen molar-refractivity contribution in [3.8, 4) is 0 Å². The first-order valence-corrected chi connectivity index (χ1v) is 10.2. The molecule has 3 aliphatic rings. The molecule has 26 heavy (non-hydrogen) atoms. The molecule has 1 N–H and O–H groups in total. The lowest BCUT2D eigenvalue weighted by atomic mass is 9.61. The van der Waals surface area contributed by atoms with Crippen molar-refractivity contribution in [3.63, 3.8) is 0 Å². The molecule has 2 bridgehead atoms. The molecule has 2 aliphatic carbocycles. The van der Waals surface area contributed by atoms with Gasteiger partial charge in [-0.05, 0) is 73.2 Å². The smallest absolute Gasteiger partial charge is 0.180 e. The van der Waals surface area contributed by atoms with E-state index in [1.165, 1.54) is 24.8 Å². The van der Waals surface area contributed by atoms with Crippen LogP contribution in [0, 0.1) is 11.8 Å². The van der Waals surface area contributed by atoms with Crippen LogP contribution >= 0.6 is 0 Å². The minimum Gasteiger partial charge on any atom is -0.383 e. The second-order valence-electron chi connectivity index (χ2n) is 8.74. The summed E-state index contributed by atoms with van der Waals surface area (Å²) in [6.45, 7) is 8.34. The maximum absolute atomic E-state index is 13.4. The number of methoxy groups -OCH3 is 1. The normalized spacial score (nSPS) is 31.4. The third-order valence-electron chi connectivity index (χ3n) is 7.01. The molecule has 4 heteroatoms. The van der Waals surface area contributed by atoms with Gasteiger partial charge in [-0.1, -0.05) is 13.8 Å². The van der Waals surface area contributed by atoms with Crippen LogP contribution in [0.25, 0.3) is 0 Å². The molecule has 1 aromatic rings. The molecule has 1 heterocycles. The number of Topliss-reactive ketones (excluding diaryl/α,β-unsaturated/α-hetero) is 1. The number of likely N-dealkylation sites (tertiary alicyclic amines) is 1. The highest BCUT2D eigenvalue weighted by molar-refractivity contribution is 6.03. The van der Waals surface area contributed by atoms with Crippen molar-refractivity contribution in [2.45, 2.75) is 51.0 Å². The van der Waals surface area contributed by atoms with Crippen LogP contribution in [0.1, 0.15) is 55.5 Å². The Hall–Kier alpha value is -1.39. The van der Waals surface area contributed by atoms with E-state index in [0.717, 1.165) is 43.2 Å². The van der Waals surface area contributed by atoms with Gasteiger partial charge >= 0.3 is 0 Å². The second kappa shape index (κ2) is 6.97. The maximum atomic E-state index is 13.4. The van der Waals surface area contributed by atoms with Crippen molar-refractivity contribution in [2.75, 3.05) is 38.7 Å². The summed E-state index contributed by atoms with van der Waals surface area (Å²) >= 11 is 0. The Morgan fingerprint density at radius 1 is 1.35 bits per heavy atom. The van der Waals surface area contributed by atoms with Crippen LogP contribution in [0.3, 0.4) is 0 Å². The second-order valence-corrected chi connectivity index (χ2v) is 8.74. The van der Waals surface area contributed by atoms with Crippen LogP contribution in [0.15, 0.2) is 18.2 Å². The monoisotopic (exact) mass is 356 g/mol. The molecule has 2 fully saturated rings. The Morgan fingerprint density at radius 2 is 2.15 bits per heavy atom. The summed E-state index contributed by atoms with van der Waals surface area (Å²) in [7, 11) is 1.72. The van der Waals surface area contributed by atoms with Crippen molar-refractivity contribution in [1.82, 2.24) is 4.90 Å². The number of anilines is 1. The zero-order chi connectivity index (χ0) is 18.3. The van der Waals surface area contributed by atoms with Gasteiger partial charge in [0, 0.05) is 31.5 Å². The van der Waals surface area contributed by atoms with E-state index in [0.29, 0.717) is 18.3 Å². The quantitative estimate of drug-likeness (QED) is 0.789. The van der Waals surface area contributed by atoms with E-state index >= 15 is 0 Å². The zero-order valence-electron chi connectivity index (χ0n) is 16.4. The minimum absolute atomic E-state index is 0.0582. The van der Waals surface area contributed by atoms with Gasteiger partial charge in [0.2, 0.25) is 0 Å². The van der Waals surface area contributed by atoms with Crippen LogP contribution in [0.5, 0.6) is 0 Å². The van der Waals surface area contributed by atoms with Crippen molar-refractivity contribution in [3.05, 3.63) is 29.3 Å². The fourth-order valence-electron chi connectivity index (χ4n) is 5.09. The van der Waals surface area contributed by atoms with Gasteiger partial charge in [-0.2, -0.15) is 0 Å². The van der Waals surface area contributed by atoms with E-state index in [1.807, 2.05) is 0 Å². The van der Waals surface area contributed by atoms with Gasteiger partial charge in [-0.25, -0.2) is 0 Å². The van der Waals surface area contributed by atoms with Crippen LogP contribution in [0.2, 0.25) is 0 Å². The molecule has 1 saturated heterocycles. The molecular formula is C22H32N2O2. The number of fused-ring (bicyclic) bond motifs is 4. The number of hydrogen-bond acceptors (Lipinski definition) is 4. The predicted molar refractivity (Wildman–Crippen MR) is 105 cm³/mol. The molecule has 0 unspecified atom stereocenters. The number of nitrogens with one attached hydrogen (secondary N) is 1. The van der Waals surface area contributed by atoms with E-state index in [4.69, 9.17) is 4.74 Å². The summed E-state index contributed by atoms with van der Waals surface area (Å²) < 4.78 is 5.14. The molecule has 4 rings (SSSR count). The van der Waals surface area contributed by atoms with Crippen LogP contribution in [0.4, 0.5) is 5.69 Å². The summed E-state index contributed by atoms with van der Waals surface area (Å²) in [6.07, 6.45) is 5.03. The predicted octanol–water partition coefficient (Wildman–Crippen LogP) is 3.71. The van der Waals surface area contributed by atoms with Gasteiger partial charge in [0.1, 0.15) is 0 Å². The molecule has 0 radical (unpaired) electrons. The van der Waals surface area contributed by atoms with Gasteiger partial charge in [-0.3, -0.25) is 9.69 Å². The Kier molecular flexibility index (Phi) is 4.83. The van der Waals surface area contributed by atoms with Gasteiger partial charge in [0.05, 0.1) is 12.6 Å². The van der Waals surface area contributed by atoms with Gasteiger partial charge in [0.15, 0.2) is 5.78 Å². The van der Waals surface area contributed by atoms with E-state index < -0.39 is 0 Å². The SMILES string of the molecule is COCCNc1ccc2c(c1)[C@@]1(C)CCCN(CC3CC3)[C@H](C2=O)[C@@H]1C. The molecule has 1 aromatic carbocycles. The lowest BCUT2D eigenvalue weighted by molar-refractivity contribution is 0.0642. The summed E-state index contributed by atoms with van der Waals surface area (Å²) in [5.41, 5.74) is 3.38. The van der Waals surface area contributed by atoms with Crippen molar-refractivity contribution < 1.29 is 9.53 Å². The number of carbonyl (C=O) groups is 1. The Bertz CT molecular complexity index is 685. The third kappa shape index (κ3) is 3.07. The number of rotatable bonds is 6. The minimum atomic E-state index is 0.0582. The fraction of sp³-hybridized carbons (Fsp3) is 0.682. The highest BCUT2D eigenvalue weighted by Crippen LogP contribution is 2.49. The van der Waals surface area contributed by atoms with E-state index in [-0.39, 0.29) is 11.5 Å². The number of ketones is 1. The average Bonchev–Trinajstić information content (AvgIpc) is 3.44. The van der Waals surface area contributed by atoms with E-state index in [2.05, 4.69) is 42.3 Å². The molecule has 0 aromatic heterocycles. The number of ether oxygens (including phenoxy) is 1. The molecule has 0 amide bonds. The molecule has 4 nitrogen and oxygen atoms in total. The highest BCUT2D eigenvalue weighted by atomic mass is 16.5. The molecule has 142 valence electrons. The van der Waals surface area contributed by atoms with Crippen molar-refractivity contribution >= 4 is 11.5 Å². The van der Waals surface area contributed by atoms with Crippen LogP contribution in [-0.4, -0.2) is 50.1 Å². The Balaban J connectivity index is 1.68. The number of hydrogen-bond donors (Lipinski definition) is 1. The average molecular weight is 357 g/mol. The van der Waals surface area contributed by atoms with Gasteiger partial charge in [0.25, 0.3) is 0 Å². The molecule has 0 spiro atoms. The summed E-state index contributed by atoms with van der Waals surface area (Å²) in [6, 6.07) is 6.41. The number of nitrogens with zero attached hydrogens (tertiary/aromatic N) is 1. The van der Waals surface area contributed by atoms with Crippen LogP contribution < -0.4 is 5.32 Å². The Labute approximate surface area is 157 Å². The topological polar surface area (TPSA) is 41.6 Å². The first-order valence-electron chi connectivity index (χ1n) is 10.2. The Morgan fingerprint density at radius 3 is 2.88 bits per heavy atom. The molecule has 3 atom stereocenters. The lowest BCUT2D eigenvalue weighted by Crippen LogP contribution is -2.53.